The van der Waals surface area contributed by atoms with Crippen molar-refractivity contribution in [2.24, 2.45) is 11.8 Å². The first-order valence-electron chi connectivity index (χ1n) is 9.93. The summed E-state index contributed by atoms with van der Waals surface area (Å²) in [4.78, 5) is 41.4. The van der Waals surface area contributed by atoms with E-state index in [-0.39, 0.29) is 6.42 Å². The van der Waals surface area contributed by atoms with Crippen LogP contribution in [0.1, 0.15) is 44.6 Å². The van der Waals surface area contributed by atoms with Gasteiger partial charge in [0.05, 0.1) is 17.0 Å². The summed E-state index contributed by atoms with van der Waals surface area (Å²) in [5, 5.41) is 12.1. The molecule has 0 unspecified atom stereocenters. The monoisotopic (exact) mass is 443 g/mol. The molecule has 3 atom stereocenters. The number of urea groups is 1. The van der Waals surface area contributed by atoms with Crippen molar-refractivity contribution >= 4 is 29.5 Å². The number of β-lactam (4-membered cyclic amide) rings is 1. The number of halogens is 3. The van der Waals surface area contributed by atoms with E-state index >= 15 is 0 Å². The van der Waals surface area contributed by atoms with Crippen LogP contribution in [-0.2, 0) is 16.0 Å². The van der Waals surface area contributed by atoms with Crippen LogP contribution in [0, 0.1) is 11.8 Å². The molecule has 1 saturated carbocycles. The maximum absolute atomic E-state index is 14.2. The predicted octanol–water partition coefficient (Wildman–Crippen LogP) is 3.50. The van der Waals surface area contributed by atoms with Crippen molar-refractivity contribution in [1.82, 2.24) is 15.2 Å². The smallest absolute Gasteiger partial charge is 0.327 e. The summed E-state index contributed by atoms with van der Waals surface area (Å²) >= 11 is 5.87. The molecule has 0 bridgehead atoms. The molecule has 0 aromatic carbocycles. The SMILES string of the molecule is CC(F)(F)[C@@H](NC(=O)N1C(=O)[C@H](Cc2cncc(Cl)c2)[C@H]1C(=O)O)C1CCCCC1. The molecule has 1 aliphatic carbocycles. The number of alkyl halides is 2. The maximum atomic E-state index is 14.2. The van der Waals surface area contributed by atoms with Crippen LogP contribution >= 0.6 is 11.6 Å². The van der Waals surface area contributed by atoms with E-state index in [1.807, 2.05) is 0 Å². The minimum Gasteiger partial charge on any atom is -0.480 e. The Kier molecular flexibility index (Phi) is 6.59. The molecule has 2 aliphatic rings. The highest BCUT2D eigenvalue weighted by atomic mass is 35.5. The third kappa shape index (κ3) is 4.71. The van der Waals surface area contributed by atoms with Gasteiger partial charge in [0.25, 0.3) is 5.92 Å². The summed E-state index contributed by atoms with van der Waals surface area (Å²) in [6.45, 7) is 0.730. The van der Waals surface area contributed by atoms with Crippen LogP contribution in [0.4, 0.5) is 13.6 Å². The van der Waals surface area contributed by atoms with Crippen molar-refractivity contribution in [3.63, 3.8) is 0 Å². The van der Waals surface area contributed by atoms with Crippen molar-refractivity contribution in [1.29, 1.82) is 0 Å². The van der Waals surface area contributed by atoms with Crippen LogP contribution in [-0.4, -0.2) is 50.9 Å². The lowest BCUT2D eigenvalue weighted by molar-refractivity contribution is -0.165. The number of hydrogen-bond donors (Lipinski definition) is 2. The Labute approximate surface area is 177 Å². The van der Waals surface area contributed by atoms with E-state index in [2.05, 4.69) is 10.3 Å². The second-order valence-electron chi connectivity index (χ2n) is 8.09. The lowest BCUT2D eigenvalue weighted by Gasteiger charge is -2.44. The molecule has 1 aromatic rings. The van der Waals surface area contributed by atoms with Crippen molar-refractivity contribution in [3.8, 4) is 0 Å². The molecule has 1 aliphatic heterocycles. The van der Waals surface area contributed by atoms with Crippen LogP contribution in [0.15, 0.2) is 18.5 Å². The Morgan fingerprint density at radius 2 is 2.00 bits per heavy atom. The Hall–Kier alpha value is -2.29. The minimum atomic E-state index is -3.20. The Bertz CT molecular complexity index is 827. The maximum Gasteiger partial charge on any atom is 0.327 e. The molecule has 30 heavy (non-hydrogen) atoms. The van der Waals surface area contributed by atoms with Crippen LogP contribution in [0.25, 0.3) is 0 Å². The predicted molar refractivity (Wildman–Crippen MR) is 104 cm³/mol. The summed E-state index contributed by atoms with van der Waals surface area (Å²) < 4.78 is 28.4. The van der Waals surface area contributed by atoms with Crippen LogP contribution in [0.2, 0.25) is 5.02 Å². The van der Waals surface area contributed by atoms with Gasteiger partial charge in [-0.2, -0.15) is 0 Å². The average Bonchev–Trinajstić information content (AvgIpc) is 2.67. The lowest BCUT2D eigenvalue weighted by atomic mass is 9.81. The van der Waals surface area contributed by atoms with Gasteiger partial charge < -0.3 is 10.4 Å². The number of carboxylic acid groups (broad SMARTS) is 1. The second kappa shape index (κ2) is 8.83. The highest BCUT2D eigenvalue weighted by Gasteiger charge is 2.55. The van der Waals surface area contributed by atoms with Crippen molar-refractivity contribution < 1.29 is 28.3 Å². The molecule has 3 rings (SSSR count). The number of aliphatic carboxylic acids is 1. The number of rotatable bonds is 6. The first kappa shape index (κ1) is 22.4. The molecule has 2 heterocycles. The number of carbonyl (C=O) groups is 3. The number of likely N-dealkylation sites (tertiary alicyclic amines) is 1. The molecule has 0 radical (unpaired) electrons. The first-order valence-corrected chi connectivity index (χ1v) is 10.3. The molecule has 7 nitrogen and oxygen atoms in total. The summed E-state index contributed by atoms with van der Waals surface area (Å²) in [6, 6.07) is -2.43. The van der Waals surface area contributed by atoms with Gasteiger partial charge in [0.15, 0.2) is 6.04 Å². The number of imide groups is 1. The van der Waals surface area contributed by atoms with Gasteiger partial charge in [0.2, 0.25) is 5.91 Å². The number of carbonyl (C=O) groups excluding carboxylic acids is 2. The zero-order valence-corrected chi connectivity index (χ0v) is 17.2. The van der Waals surface area contributed by atoms with Crippen molar-refractivity contribution in [2.45, 2.75) is 63.5 Å². The number of nitrogens with one attached hydrogen (secondary N) is 1. The van der Waals surface area contributed by atoms with Crippen LogP contribution in [0.5, 0.6) is 0 Å². The van der Waals surface area contributed by atoms with Crippen LogP contribution < -0.4 is 5.32 Å². The topological polar surface area (TPSA) is 99.6 Å². The quantitative estimate of drug-likeness (QED) is 0.655. The van der Waals surface area contributed by atoms with Crippen molar-refractivity contribution in [2.75, 3.05) is 0 Å². The lowest BCUT2D eigenvalue weighted by Crippen LogP contribution is -2.70. The van der Waals surface area contributed by atoms with E-state index in [0.29, 0.717) is 28.3 Å². The fourth-order valence-corrected chi connectivity index (χ4v) is 4.60. The molecular weight excluding hydrogens is 420 g/mol. The van der Waals surface area contributed by atoms with Gasteiger partial charge >= 0.3 is 12.0 Å². The molecule has 10 heteroatoms. The van der Waals surface area contributed by atoms with Gasteiger partial charge in [0, 0.05) is 19.3 Å². The fourth-order valence-electron chi connectivity index (χ4n) is 4.41. The van der Waals surface area contributed by atoms with E-state index in [1.54, 1.807) is 6.07 Å². The third-order valence-electron chi connectivity index (χ3n) is 5.85. The first-order chi connectivity index (χ1) is 14.1. The molecule has 0 spiro atoms. The number of amides is 3. The molecule has 1 saturated heterocycles. The molecule has 3 amide bonds. The summed E-state index contributed by atoms with van der Waals surface area (Å²) in [5.41, 5.74) is 0.548. The van der Waals surface area contributed by atoms with Gasteiger partial charge in [-0.05, 0) is 36.8 Å². The second-order valence-corrected chi connectivity index (χ2v) is 8.53. The highest BCUT2D eigenvalue weighted by Crippen LogP contribution is 2.35. The van der Waals surface area contributed by atoms with E-state index in [4.69, 9.17) is 11.6 Å². The molecule has 2 fully saturated rings. The third-order valence-corrected chi connectivity index (χ3v) is 6.06. The van der Waals surface area contributed by atoms with Crippen LogP contribution in [0.3, 0.4) is 0 Å². The minimum absolute atomic E-state index is 0.0309. The molecular formula is C20H24ClF2N3O4. The van der Waals surface area contributed by atoms with E-state index < -0.39 is 47.7 Å². The average molecular weight is 444 g/mol. The number of pyridine rings is 1. The zero-order valence-electron chi connectivity index (χ0n) is 16.5. The fraction of sp³-hybridized carbons (Fsp3) is 0.600. The number of aromatic nitrogens is 1. The summed E-state index contributed by atoms with van der Waals surface area (Å²) in [5.74, 6) is -6.71. The molecule has 1 aromatic heterocycles. The number of carboxylic acids is 1. The summed E-state index contributed by atoms with van der Waals surface area (Å²) in [7, 11) is 0. The van der Waals surface area contributed by atoms with Gasteiger partial charge in [-0.25, -0.2) is 23.3 Å². The zero-order chi connectivity index (χ0) is 22.1. The van der Waals surface area contributed by atoms with Gasteiger partial charge in [0.1, 0.15) is 0 Å². The van der Waals surface area contributed by atoms with E-state index in [9.17, 15) is 28.3 Å². The Balaban J connectivity index is 1.74. The Morgan fingerprint density at radius 1 is 1.33 bits per heavy atom. The van der Waals surface area contributed by atoms with Crippen molar-refractivity contribution in [3.05, 3.63) is 29.0 Å². The summed E-state index contributed by atoms with van der Waals surface area (Å²) in [6.07, 6.45) is 6.54. The van der Waals surface area contributed by atoms with E-state index in [0.717, 1.165) is 26.2 Å². The Morgan fingerprint density at radius 3 is 2.57 bits per heavy atom. The van der Waals surface area contributed by atoms with E-state index in [1.165, 1.54) is 12.4 Å². The molecule has 2 N–H and O–H groups in total. The largest absolute Gasteiger partial charge is 0.480 e. The standard InChI is InChI=1S/C20H24ClF2N3O4/c1-20(22,23)16(12-5-3-2-4-6-12)25-19(30)26-15(18(28)29)14(17(26)27)8-11-7-13(21)10-24-9-11/h7,9-10,12,14-16H,2-6,8H2,1H3,(H,25,30)(H,28,29)/t14-,15+,16+/m1/s1. The van der Waals surface area contributed by atoms with Gasteiger partial charge in [-0.1, -0.05) is 30.9 Å². The number of nitrogens with zero attached hydrogens (tertiary/aromatic N) is 2. The normalized spacial score (nSPS) is 23.6. The number of hydrogen-bond acceptors (Lipinski definition) is 4. The van der Waals surface area contributed by atoms with Gasteiger partial charge in [-0.15, -0.1) is 0 Å². The van der Waals surface area contributed by atoms with Gasteiger partial charge in [-0.3, -0.25) is 9.78 Å². The molecule has 164 valence electrons. The highest BCUT2D eigenvalue weighted by molar-refractivity contribution is 6.30.